The zero-order chi connectivity index (χ0) is 11.4. The Labute approximate surface area is 93.1 Å². The number of nitrogens with two attached hydrogens (primary N) is 1. The van der Waals surface area contributed by atoms with Crippen molar-refractivity contribution in [3.63, 3.8) is 0 Å². The van der Waals surface area contributed by atoms with Gasteiger partial charge in [-0.25, -0.2) is 4.98 Å². The van der Waals surface area contributed by atoms with Gasteiger partial charge in [0.2, 0.25) is 0 Å². The summed E-state index contributed by atoms with van der Waals surface area (Å²) < 4.78 is 0. The quantitative estimate of drug-likeness (QED) is 0.796. The fourth-order valence-corrected chi connectivity index (χ4v) is 2.22. The molecule has 1 aromatic heterocycles. The SMILES string of the molecule is CC(C)Cc1nc(CC(N)C(=O)O)cs1. The molecule has 0 amide bonds. The summed E-state index contributed by atoms with van der Waals surface area (Å²) in [6.07, 6.45) is 1.25. The molecule has 1 atom stereocenters. The monoisotopic (exact) mass is 228 g/mol. The second-order valence-corrected chi connectivity index (χ2v) is 4.92. The number of carboxylic acids is 1. The van der Waals surface area contributed by atoms with E-state index < -0.39 is 12.0 Å². The van der Waals surface area contributed by atoms with E-state index in [4.69, 9.17) is 10.8 Å². The molecule has 0 aliphatic rings. The molecule has 0 aliphatic carbocycles. The Morgan fingerprint density at radius 3 is 2.80 bits per heavy atom. The summed E-state index contributed by atoms with van der Waals surface area (Å²) in [6.45, 7) is 4.26. The molecule has 1 heterocycles. The number of rotatable bonds is 5. The second kappa shape index (κ2) is 5.23. The van der Waals surface area contributed by atoms with Gasteiger partial charge in [0.05, 0.1) is 10.7 Å². The van der Waals surface area contributed by atoms with Crippen molar-refractivity contribution in [3.05, 3.63) is 16.1 Å². The average molecular weight is 228 g/mol. The van der Waals surface area contributed by atoms with E-state index in [9.17, 15) is 4.79 Å². The fourth-order valence-electron chi connectivity index (χ4n) is 1.20. The molecule has 3 N–H and O–H groups in total. The largest absolute Gasteiger partial charge is 0.480 e. The Balaban J connectivity index is 2.56. The Hall–Kier alpha value is -0.940. The summed E-state index contributed by atoms with van der Waals surface area (Å²) >= 11 is 1.57. The third-order valence-corrected chi connectivity index (χ3v) is 2.85. The van der Waals surface area contributed by atoms with Crippen LogP contribution >= 0.6 is 11.3 Å². The van der Waals surface area contributed by atoms with E-state index in [2.05, 4.69) is 18.8 Å². The van der Waals surface area contributed by atoms with Crippen molar-refractivity contribution in [1.29, 1.82) is 0 Å². The Morgan fingerprint density at radius 1 is 1.60 bits per heavy atom. The molecule has 0 radical (unpaired) electrons. The highest BCUT2D eigenvalue weighted by Gasteiger charge is 2.14. The molecule has 5 heteroatoms. The van der Waals surface area contributed by atoms with E-state index in [0.717, 1.165) is 17.1 Å². The van der Waals surface area contributed by atoms with Gasteiger partial charge in [0.15, 0.2) is 0 Å². The third kappa shape index (κ3) is 3.97. The lowest BCUT2D eigenvalue weighted by Crippen LogP contribution is -2.32. The molecule has 15 heavy (non-hydrogen) atoms. The summed E-state index contributed by atoms with van der Waals surface area (Å²) in [5, 5.41) is 11.6. The van der Waals surface area contributed by atoms with Crippen LogP contribution in [0.15, 0.2) is 5.38 Å². The fraction of sp³-hybridized carbons (Fsp3) is 0.600. The van der Waals surface area contributed by atoms with Gasteiger partial charge in [0.25, 0.3) is 0 Å². The zero-order valence-corrected chi connectivity index (χ0v) is 9.75. The summed E-state index contributed by atoms with van der Waals surface area (Å²) in [5.41, 5.74) is 6.21. The molecule has 0 fully saturated rings. The number of hydrogen-bond acceptors (Lipinski definition) is 4. The number of aromatic nitrogens is 1. The van der Waals surface area contributed by atoms with Gasteiger partial charge in [-0.05, 0) is 5.92 Å². The number of aliphatic carboxylic acids is 1. The van der Waals surface area contributed by atoms with Gasteiger partial charge in [-0.1, -0.05) is 13.8 Å². The Kier molecular flexibility index (Phi) is 4.23. The van der Waals surface area contributed by atoms with Crippen molar-refractivity contribution in [3.8, 4) is 0 Å². The van der Waals surface area contributed by atoms with Crippen LogP contribution < -0.4 is 5.73 Å². The second-order valence-electron chi connectivity index (χ2n) is 3.98. The van der Waals surface area contributed by atoms with E-state index in [1.807, 2.05) is 5.38 Å². The van der Waals surface area contributed by atoms with Gasteiger partial charge in [0, 0.05) is 18.2 Å². The van der Waals surface area contributed by atoms with Crippen LogP contribution in [0.1, 0.15) is 24.5 Å². The standard InChI is InChI=1S/C10H16N2O2S/c1-6(2)3-9-12-7(5-15-9)4-8(11)10(13)14/h5-6,8H,3-4,11H2,1-2H3,(H,13,14). The summed E-state index contributed by atoms with van der Waals surface area (Å²) in [4.78, 5) is 14.9. The topological polar surface area (TPSA) is 76.2 Å². The Bertz CT molecular complexity index is 336. The summed E-state index contributed by atoms with van der Waals surface area (Å²) in [7, 11) is 0. The number of thiazole rings is 1. The van der Waals surface area contributed by atoms with Crippen LogP contribution in [0.25, 0.3) is 0 Å². The molecule has 1 rings (SSSR count). The Morgan fingerprint density at radius 2 is 2.27 bits per heavy atom. The van der Waals surface area contributed by atoms with Crippen molar-refractivity contribution in [2.75, 3.05) is 0 Å². The zero-order valence-electron chi connectivity index (χ0n) is 8.93. The normalized spacial score (nSPS) is 13.1. The van der Waals surface area contributed by atoms with Crippen LogP contribution in [0, 0.1) is 5.92 Å². The first-order valence-electron chi connectivity index (χ1n) is 4.90. The molecular formula is C10H16N2O2S. The minimum atomic E-state index is -0.978. The molecule has 0 aliphatic heterocycles. The summed E-state index contributed by atoms with van der Waals surface area (Å²) in [5.74, 6) is -0.412. The highest BCUT2D eigenvalue weighted by Crippen LogP contribution is 2.15. The molecule has 0 saturated heterocycles. The number of hydrogen-bond donors (Lipinski definition) is 2. The predicted octanol–water partition coefficient (Wildman–Crippen LogP) is 1.30. The van der Waals surface area contributed by atoms with Crippen molar-refractivity contribution in [2.45, 2.75) is 32.7 Å². The average Bonchev–Trinajstić information content (AvgIpc) is 2.51. The smallest absolute Gasteiger partial charge is 0.320 e. The number of carbonyl (C=O) groups is 1. The predicted molar refractivity (Wildman–Crippen MR) is 60.0 cm³/mol. The van der Waals surface area contributed by atoms with Gasteiger partial charge in [0.1, 0.15) is 6.04 Å². The lowest BCUT2D eigenvalue weighted by molar-refractivity contribution is -0.138. The van der Waals surface area contributed by atoms with Gasteiger partial charge in [-0.2, -0.15) is 0 Å². The molecule has 1 unspecified atom stereocenters. The van der Waals surface area contributed by atoms with Gasteiger partial charge in [-0.15, -0.1) is 11.3 Å². The van der Waals surface area contributed by atoms with Crippen molar-refractivity contribution in [1.82, 2.24) is 4.98 Å². The van der Waals surface area contributed by atoms with E-state index in [-0.39, 0.29) is 0 Å². The minimum Gasteiger partial charge on any atom is -0.480 e. The maximum Gasteiger partial charge on any atom is 0.320 e. The van der Waals surface area contributed by atoms with Crippen LogP contribution in [0.5, 0.6) is 0 Å². The first-order valence-corrected chi connectivity index (χ1v) is 5.78. The lowest BCUT2D eigenvalue weighted by Gasteiger charge is -2.02. The lowest BCUT2D eigenvalue weighted by atomic mass is 10.1. The van der Waals surface area contributed by atoms with E-state index >= 15 is 0 Å². The molecule has 0 aromatic carbocycles. The van der Waals surface area contributed by atoms with Crippen LogP contribution in [0.2, 0.25) is 0 Å². The minimum absolute atomic E-state index is 0.309. The first kappa shape index (κ1) is 12.1. The van der Waals surface area contributed by atoms with Crippen molar-refractivity contribution < 1.29 is 9.90 Å². The van der Waals surface area contributed by atoms with Crippen molar-refractivity contribution in [2.24, 2.45) is 11.7 Å². The van der Waals surface area contributed by atoms with E-state index in [0.29, 0.717) is 12.3 Å². The van der Waals surface area contributed by atoms with Gasteiger partial charge < -0.3 is 10.8 Å². The highest BCUT2D eigenvalue weighted by molar-refractivity contribution is 7.09. The van der Waals surface area contributed by atoms with E-state index in [1.165, 1.54) is 0 Å². The molecular weight excluding hydrogens is 212 g/mol. The highest BCUT2D eigenvalue weighted by atomic mass is 32.1. The van der Waals surface area contributed by atoms with Crippen LogP contribution in [-0.2, 0) is 17.6 Å². The maximum absolute atomic E-state index is 10.5. The van der Waals surface area contributed by atoms with Gasteiger partial charge >= 0.3 is 5.97 Å². The molecule has 0 bridgehead atoms. The first-order chi connectivity index (χ1) is 6.99. The maximum atomic E-state index is 10.5. The number of carboxylic acid groups (broad SMARTS) is 1. The van der Waals surface area contributed by atoms with Crippen molar-refractivity contribution >= 4 is 17.3 Å². The molecule has 4 nitrogen and oxygen atoms in total. The molecule has 1 aromatic rings. The van der Waals surface area contributed by atoms with Crippen LogP contribution in [0.4, 0.5) is 0 Å². The number of nitrogens with zero attached hydrogens (tertiary/aromatic N) is 1. The van der Waals surface area contributed by atoms with Gasteiger partial charge in [-0.3, -0.25) is 4.79 Å². The summed E-state index contributed by atoms with van der Waals surface area (Å²) in [6, 6.07) is -0.848. The van der Waals surface area contributed by atoms with Crippen LogP contribution in [-0.4, -0.2) is 22.1 Å². The molecule has 0 spiro atoms. The molecule has 0 saturated carbocycles. The van der Waals surface area contributed by atoms with E-state index in [1.54, 1.807) is 11.3 Å². The third-order valence-electron chi connectivity index (χ3n) is 1.93. The van der Waals surface area contributed by atoms with Crippen LogP contribution in [0.3, 0.4) is 0 Å². The molecule has 84 valence electrons.